The largest absolute Gasteiger partial charge is 0.480 e. The molecule has 4 aliphatic rings. The average molecular weight is 993 g/mol. The van der Waals surface area contributed by atoms with Crippen LogP contribution in [0, 0.1) is 0 Å². The number of fused-ring (bicyclic) bond motifs is 2. The third kappa shape index (κ3) is 11.0. The van der Waals surface area contributed by atoms with Crippen molar-refractivity contribution in [2.75, 3.05) is 0 Å². The molecule has 22 heteroatoms. The maximum absolute atomic E-state index is 14.3. The van der Waals surface area contributed by atoms with Gasteiger partial charge < -0.3 is 42.1 Å². The topological polar surface area (TPSA) is 300 Å². The van der Waals surface area contributed by atoms with Crippen molar-refractivity contribution >= 4 is 83.0 Å². The first-order valence-electron chi connectivity index (χ1n) is 23.0. The molecule has 2 aromatic rings. The Bertz CT molecular complexity index is 2180. The number of β-lactam (4-membered cyclic amide) rings is 2. The standard InChI is InChI=1S/C47H60N8O12S2/c1-46(2)34(42(62)63)54-38(60)32(40(54)68-46)52(36(58)30(50-44(48)66)26-20-14-12-15-21-26)28(56)24-18-10-8-6-5-7-9-11-19-25-29(57)53(37(59)31(51-45(49)67)27-22-16-13-17-23-27)33-39(61)55-35(43(64)65)47(3,4)69-41(33)55/h12-17,20-23,30-35,40-41H,5-11,18-19,24-25H2,1-4H3,(H,62,63)(H,64,65)(H3,48,50,66)(H3,49,51,67)/t30?,31?,32-,33-,34+,35+,40-,41-/m1/s1. The van der Waals surface area contributed by atoms with Gasteiger partial charge in [0.2, 0.25) is 11.8 Å². The second-order valence-electron chi connectivity index (χ2n) is 18.7. The summed E-state index contributed by atoms with van der Waals surface area (Å²) in [7, 11) is 0. The fourth-order valence-electron chi connectivity index (χ4n) is 9.75. The van der Waals surface area contributed by atoms with E-state index in [2.05, 4.69) is 10.6 Å². The molecule has 4 heterocycles. The van der Waals surface area contributed by atoms with Gasteiger partial charge in [0.15, 0.2) is 0 Å². The molecule has 0 spiro atoms. The van der Waals surface area contributed by atoms with Crippen LogP contribution >= 0.6 is 23.5 Å². The molecule has 0 bridgehead atoms. The number of hydrogen-bond donors (Lipinski definition) is 6. The van der Waals surface area contributed by atoms with E-state index in [-0.39, 0.29) is 12.8 Å². The highest BCUT2D eigenvalue weighted by Gasteiger charge is 2.68. The summed E-state index contributed by atoms with van der Waals surface area (Å²) in [5, 5.41) is 23.1. The molecule has 69 heavy (non-hydrogen) atoms. The summed E-state index contributed by atoms with van der Waals surface area (Å²) in [6.45, 7) is 6.75. The maximum atomic E-state index is 14.3. The summed E-state index contributed by atoms with van der Waals surface area (Å²) < 4.78 is -1.83. The van der Waals surface area contributed by atoms with Crippen molar-refractivity contribution in [2.24, 2.45) is 11.5 Å². The minimum atomic E-state index is -1.38. The smallest absolute Gasteiger partial charge is 0.327 e. The molecule has 4 aliphatic heterocycles. The highest BCUT2D eigenvalue weighted by atomic mass is 32.2. The normalized spacial score (nSPS) is 23.5. The maximum Gasteiger partial charge on any atom is 0.327 e. The first-order chi connectivity index (χ1) is 32.6. The SMILES string of the molecule is CC1(C)S[C@@H]2[C@H](N(C(=O)CCCCCCCCCCCC(=O)N(C(=O)C(NC(N)=O)c3ccccc3)[C@@H]3C(=O)N4[C@@H]3SC(C)(C)[C@@H]4C(=O)O)C(=O)C(NC(N)=O)c3ccccc3)C(=O)N2[C@H]1C(=O)O. The van der Waals surface area contributed by atoms with Gasteiger partial charge in [-0.1, -0.05) is 106 Å². The fourth-order valence-corrected chi connectivity index (χ4v) is 13.1. The number of thioether (sulfide) groups is 2. The van der Waals surface area contributed by atoms with Crippen LogP contribution in [-0.4, -0.2) is 134 Å². The first kappa shape index (κ1) is 52.2. The van der Waals surface area contributed by atoms with E-state index in [1.54, 1.807) is 88.4 Å². The molecule has 8 N–H and O–H groups in total. The molecule has 0 saturated carbocycles. The van der Waals surface area contributed by atoms with Crippen molar-refractivity contribution in [2.45, 2.75) is 155 Å². The Hall–Kier alpha value is -6.16. The van der Waals surface area contributed by atoms with Crippen LogP contribution in [0.3, 0.4) is 0 Å². The second kappa shape index (κ2) is 21.6. The molecule has 0 aliphatic carbocycles. The highest BCUT2D eigenvalue weighted by molar-refractivity contribution is 8.02. The Morgan fingerprint density at radius 1 is 0.565 bits per heavy atom. The Kier molecular flexibility index (Phi) is 16.4. The number of nitrogens with zero attached hydrogens (tertiary/aromatic N) is 4. The van der Waals surface area contributed by atoms with Gasteiger partial charge in [-0.25, -0.2) is 19.2 Å². The number of nitrogens with one attached hydrogen (secondary N) is 2. The minimum Gasteiger partial charge on any atom is -0.480 e. The summed E-state index contributed by atoms with van der Waals surface area (Å²) in [6.07, 6.45) is 5.83. The number of unbranched alkanes of at least 4 members (excludes halogenated alkanes) is 8. The molecular weight excluding hydrogens is 933 g/mol. The van der Waals surface area contributed by atoms with Gasteiger partial charge in [-0.3, -0.25) is 38.6 Å². The van der Waals surface area contributed by atoms with Gasteiger partial charge in [-0.05, 0) is 51.7 Å². The number of carboxylic acid groups (broad SMARTS) is 2. The molecule has 2 unspecified atom stereocenters. The summed E-state index contributed by atoms with van der Waals surface area (Å²) >= 11 is 2.39. The molecule has 10 amide bonds. The number of urea groups is 2. The number of benzene rings is 2. The van der Waals surface area contributed by atoms with Crippen LogP contribution < -0.4 is 22.1 Å². The predicted molar refractivity (Wildman–Crippen MR) is 253 cm³/mol. The van der Waals surface area contributed by atoms with E-state index < -0.39 is 116 Å². The van der Waals surface area contributed by atoms with E-state index in [0.717, 1.165) is 41.9 Å². The lowest BCUT2D eigenvalue weighted by atomic mass is 9.94. The number of carboxylic acids is 2. The minimum absolute atomic E-state index is 0.0865. The van der Waals surface area contributed by atoms with Crippen LogP contribution in [0.1, 0.15) is 122 Å². The fraction of sp³-hybridized carbons (Fsp3) is 0.532. The molecule has 372 valence electrons. The summed E-state index contributed by atoms with van der Waals surface area (Å²) in [6, 6.07) is 6.63. The second-order valence-corrected chi connectivity index (χ2v) is 22.2. The number of nitrogens with two attached hydrogens (primary N) is 2. The average Bonchev–Trinajstić information content (AvgIpc) is 3.70. The van der Waals surface area contributed by atoms with Crippen molar-refractivity contribution in [3.63, 3.8) is 0 Å². The Balaban J connectivity index is 1.01. The summed E-state index contributed by atoms with van der Waals surface area (Å²) in [4.78, 5) is 137. The van der Waals surface area contributed by atoms with Crippen LogP contribution in [0.15, 0.2) is 60.7 Å². The number of carbonyl (C=O) groups excluding carboxylic acids is 8. The number of rotatable bonds is 22. The summed E-state index contributed by atoms with van der Waals surface area (Å²) in [5.74, 6) is -6.72. The first-order valence-corrected chi connectivity index (χ1v) is 24.8. The number of carbonyl (C=O) groups is 10. The van der Waals surface area contributed by atoms with Gasteiger partial charge in [-0.2, -0.15) is 0 Å². The number of imide groups is 2. The van der Waals surface area contributed by atoms with Crippen LogP contribution in [0.5, 0.6) is 0 Å². The number of amides is 10. The van der Waals surface area contributed by atoms with Crippen LogP contribution in [0.2, 0.25) is 0 Å². The zero-order valence-corrected chi connectivity index (χ0v) is 40.5. The number of aliphatic carboxylic acids is 2. The van der Waals surface area contributed by atoms with Crippen molar-refractivity contribution in [1.29, 1.82) is 0 Å². The number of primary amides is 2. The van der Waals surface area contributed by atoms with E-state index in [1.807, 2.05) is 0 Å². The molecule has 0 radical (unpaired) electrons. The Labute approximate surface area is 408 Å². The van der Waals surface area contributed by atoms with Crippen molar-refractivity contribution in [1.82, 2.24) is 30.2 Å². The van der Waals surface area contributed by atoms with E-state index >= 15 is 0 Å². The van der Waals surface area contributed by atoms with Crippen molar-refractivity contribution in [3.8, 4) is 0 Å². The molecule has 4 saturated heterocycles. The van der Waals surface area contributed by atoms with Gasteiger partial charge in [0.05, 0.1) is 0 Å². The lowest BCUT2D eigenvalue weighted by Gasteiger charge is -2.48. The molecule has 8 atom stereocenters. The van der Waals surface area contributed by atoms with E-state index in [1.165, 1.54) is 33.3 Å². The zero-order chi connectivity index (χ0) is 50.5. The third-order valence-corrected chi connectivity index (χ3v) is 16.1. The van der Waals surface area contributed by atoms with Crippen molar-refractivity contribution < 1.29 is 58.2 Å². The van der Waals surface area contributed by atoms with Gasteiger partial charge in [-0.15, -0.1) is 23.5 Å². The quantitative estimate of drug-likeness (QED) is 0.0722. The molecule has 0 aromatic heterocycles. The lowest BCUT2D eigenvalue weighted by molar-refractivity contribution is -0.173. The summed E-state index contributed by atoms with van der Waals surface area (Å²) in [5.41, 5.74) is 11.6. The van der Waals surface area contributed by atoms with Gasteiger partial charge >= 0.3 is 24.0 Å². The zero-order valence-electron chi connectivity index (χ0n) is 38.9. The molecular formula is C47H60N8O12S2. The van der Waals surface area contributed by atoms with Crippen LogP contribution in [0.4, 0.5) is 9.59 Å². The molecule has 2 aromatic carbocycles. The Morgan fingerprint density at radius 2 is 0.870 bits per heavy atom. The van der Waals surface area contributed by atoms with E-state index in [9.17, 15) is 58.2 Å². The van der Waals surface area contributed by atoms with Gasteiger partial charge in [0.25, 0.3) is 23.6 Å². The van der Waals surface area contributed by atoms with Crippen LogP contribution in [-0.2, 0) is 38.4 Å². The lowest BCUT2D eigenvalue weighted by Crippen LogP contribution is -2.72. The van der Waals surface area contributed by atoms with Gasteiger partial charge in [0.1, 0.15) is 47.0 Å². The third-order valence-electron chi connectivity index (χ3n) is 13.0. The van der Waals surface area contributed by atoms with Crippen molar-refractivity contribution in [3.05, 3.63) is 71.8 Å². The van der Waals surface area contributed by atoms with Gasteiger partial charge in [0, 0.05) is 22.3 Å². The molecule has 20 nitrogen and oxygen atoms in total. The number of hydrogen-bond acceptors (Lipinski definition) is 12. The van der Waals surface area contributed by atoms with E-state index in [4.69, 9.17) is 11.5 Å². The monoisotopic (exact) mass is 992 g/mol. The molecule has 4 fully saturated rings. The highest BCUT2D eigenvalue weighted by Crippen LogP contribution is 2.54. The van der Waals surface area contributed by atoms with E-state index in [0.29, 0.717) is 36.8 Å². The molecule has 6 rings (SSSR count). The van der Waals surface area contributed by atoms with Crippen LogP contribution in [0.25, 0.3) is 0 Å². The predicted octanol–water partition coefficient (Wildman–Crippen LogP) is 3.84. The Morgan fingerprint density at radius 3 is 1.16 bits per heavy atom.